The van der Waals surface area contributed by atoms with E-state index in [0.717, 1.165) is 12.8 Å². The van der Waals surface area contributed by atoms with Crippen molar-refractivity contribution in [2.75, 3.05) is 13.7 Å². The third-order valence-electron chi connectivity index (χ3n) is 4.18. The minimum Gasteiger partial charge on any atom is -1.00 e. The number of halogens is 1. The molecule has 0 aliphatic rings. The highest BCUT2D eigenvalue weighted by molar-refractivity contribution is 5.95. The molecule has 0 saturated heterocycles. The first-order valence-corrected chi connectivity index (χ1v) is 8.99. The number of aromatic nitrogens is 2. The van der Waals surface area contributed by atoms with E-state index in [2.05, 4.69) is 6.92 Å². The molecule has 0 N–H and O–H groups in total. The Morgan fingerprint density at radius 3 is 2.70 bits per heavy atom. The van der Waals surface area contributed by atoms with Gasteiger partial charge in [-0.15, -0.1) is 0 Å². The summed E-state index contributed by atoms with van der Waals surface area (Å²) >= 11 is 0. The molecular weight excluding hydrogens is 412 g/mol. The van der Waals surface area contributed by atoms with E-state index in [-0.39, 0.29) is 41.3 Å². The Kier molecular flexibility index (Phi) is 9.78. The van der Waals surface area contributed by atoms with Gasteiger partial charge < -0.3 is 26.5 Å². The smallest absolute Gasteiger partial charge is 0.351 e. The van der Waals surface area contributed by atoms with Crippen molar-refractivity contribution >= 4 is 11.8 Å². The second-order valence-corrected chi connectivity index (χ2v) is 6.10. The van der Waals surface area contributed by atoms with Gasteiger partial charge >= 0.3 is 5.97 Å². The Labute approximate surface area is 170 Å². The maximum absolute atomic E-state index is 12.5. The van der Waals surface area contributed by atoms with Gasteiger partial charge in [0.15, 0.2) is 12.6 Å². The number of rotatable bonds is 10. The number of ketones is 1. The first-order chi connectivity index (χ1) is 12.6. The number of hydrogen-bond acceptors (Lipinski definition) is 4. The standard InChI is InChI=1S/C20H27N2O4.BrH/c1-4-6-10-18(20(24)26-5-2)22-12-11-21(15-22)14-19(23)16-8-7-9-17(13-16)25-3;/h7-9,11-13,15,18H,4-6,10,14H2,1-3H3;1H/q+1;/p-1. The number of hydrogen-bond donors (Lipinski definition) is 0. The Balaban J connectivity index is 0.00000364. The zero-order valence-corrected chi connectivity index (χ0v) is 17.6. The van der Waals surface area contributed by atoms with Crippen molar-refractivity contribution in [3.05, 3.63) is 48.5 Å². The van der Waals surface area contributed by atoms with Crippen molar-refractivity contribution in [1.82, 2.24) is 4.57 Å². The van der Waals surface area contributed by atoms with Crippen LogP contribution in [-0.2, 0) is 16.1 Å². The van der Waals surface area contributed by atoms with Gasteiger partial charge in [-0.25, -0.2) is 13.9 Å². The lowest BCUT2D eigenvalue weighted by Crippen LogP contribution is -3.00. The van der Waals surface area contributed by atoms with Crippen LogP contribution in [-0.4, -0.2) is 30.0 Å². The number of carbonyl (C=O) groups is 2. The van der Waals surface area contributed by atoms with E-state index in [9.17, 15) is 9.59 Å². The lowest BCUT2D eigenvalue weighted by molar-refractivity contribution is -0.682. The SMILES string of the molecule is CCCCC(C(=O)OCC)n1cc[n+](CC(=O)c2cccc(OC)c2)c1.[Br-]. The van der Waals surface area contributed by atoms with Crippen LogP contribution in [0, 0.1) is 0 Å². The van der Waals surface area contributed by atoms with Crippen LogP contribution in [0.25, 0.3) is 0 Å². The van der Waals surface area contributed by atoms with E-state index in [1.54, 1.807) is 55.4 Å². The molecule has 0 spiro atoms. The monoisotopic (exact) mass is 438 g/mol. The van der Waals surface area contributed by atoms with Gasteiger partial charge in [0.25, 0.3) is 0 Å². The molecule has 0 aliphatic heterocycles. The number of methoxy groups -OCH3 is 1. The van der Waals surface area contributed by atoms with Gasteiger partial charge in [-0.2, -0.15) is 0 Å². The molecule has 2 rings (SSSR count). The van der Waals surface area contributed by atoms with Crippen LogP contribution >= 0.6 is 0 Å². The molecule has 0 saturated carbocycles. The summed E-state index contributed by atoms with van der Waals surface area (Å²) in [5.74, 6) is 0.399. The van der Waals surface area contributed by atoms with Crippen LogP contribution in [0.2, 0.25) is 0 Å². The highest BCUT2D eigenvalue weighted by Crippen LogP contribution is 2.17. The van der Waals surface area contributed by atoms with Gasteiger partial charge in [-0.1, -0.05) is 25.5 Å². The van der Waals surface area contributed by atoms with E-state index in [0.29, 0.717) is 24.3 Å². The minimum absolute atomic E-state index is 0. The summed E-state index contributed by atoms with van der Waals surface area (Å²) in [6.07, 6.45) is 8.06. The van der Waals surface area contributed by atoms with Crippen LogP contribution in [0.5, 0.6) is 5.75 Å². The molecule has 0 bridgehead atoms. The molecule has 0 aliphatic carbocycles. The van der Waals surface area contributed by atoms with Crippen molar-refractivity contribution in [1.29, 1.82) is 0 Å². The molecule has 1 aromatic carbocycles. The van der Waals surface area contributed by atoms with Crippen LogP contribution in [0.4, 0.5) is 0 Å². The highest BCUT2D eigenvalue weighted by Gasteiger charge is 2.26. The van der Waals surface area contributed by atoms with E-state index in [4.69, 9.17) is 9.47 Å². The molecule has 27 heavy (non-hydrogen) atoms. The zero-order chi connectivity index (χ0) is 18.9. The number of unbranched alkanes of at least 4 members (excludes halogenated alkanes) is 1. The summed E-state index contributed by atoms with van der Waals surface area (Å²) in [4.78, 5) is 24.7. The number of benzene rings is 1. The number of esters is 1. The fraction of sp³-hybridized carbons (Fsp3) is 0.450. The van der Waals surface area contributed by atoms with Gasteiger partial charge in [0.2, 0.25) is 12.1 Å². The van der Waals surface area contributed by atoms with E-state index < -0.39 is 0 Å². The Morgan fingerprint density at radius 2 is 2.04 bits per heavy atom. The van der Waals surface area contributed by atoms with Crippen LogP contribution < -0.4 is 26.3 Å². The lowest BCUT2D eigenvalue weighted by Gasteiger charge is -2.11. The third-order valence-corrected chi connectivity index (χ3v) is 4.18. The first-order valence-electron chi connectivity index (χ1n) is 8.99. The number of Topliss-reactive ketones (excluding diaryl/α,β-unsaturated/α-hetero) is 1. The van der Waals surface area contributed by atoms with Gasteiger partial charge in [0.05, 0.1) is 13.7 Å². The summed E-state index contributed by atoms with van der Waals surface area (Å²) in [7, 11) is 1.57. The van der Waals surface area contributed by atoms with Crippen molar-refractivity contribution in [2.45, 2.75) is 45.7 Å². The Hall–Kier alpha value is -2.15. The maximum Gasteiger partial charge on any atom is 0.351 e. The largest absolute Gasteiger partial charge is 1.00 e. The quantitative estimate of drug-likeness (QED) is 0.296. The molecular formula is C20H27BrN2O4. The molecule has 2 aromatic rings. The van der Waals surface area contributed by atoms with Crippen molar-refractivity contribution < 1.29 is 40.6 Å². The topological polar surface area (TPSA) is 61.4 Å². The second kappa shape index (κ2) is 11.5. The highest BCUT2D eigenvalue weighted by atomic mass is 79.9. The predicted molar refractivity (Wildman–Crippen MR) is 97.1 cm³/mol. The van der Waals surface area contributed by atoms with E-state index in [1.165, 1.54) is 0 Å². The number of imidazole rings is 1. The molecule has 1 unspecified atom stereocenters. The predicted octanol–water partition coefficient (Wildman–Crippen LogP) is -0.0345. The Morgan fingerprint density at radius 1 is 1.26 bits per heavy atom. The molecule has 7 heteroatoms. The average molecular weight is 439 g/mol. The van der Waals surface area contributed by atoms with E-state index in [1.807, 2.05) is 10.8 Å². The summed E-state index contributed by atoms with van der Waals surface area (Å²) in [6, 6.07) is 6.73. The molecule has 148 valence electrons. The van der Waals surface area contributed by atoms with Gasteiger partial charge in [-0.3, -0.25) is 4.79 Å². The average Bonchev–Trinajstić information content (AvgIpc) is 3.10. The van der Waals surface area contributed by atoms with Crippen molar-refractivity contribution in [3.63, 3.8) is 0 Å². The fourth-order valence-electron chi connectivity index (χ4n) is 2.77. The molecule has 1 heterocycles. The molecule has 6 nitrogen and oxygen atoms in total. The summed E-state index contributed by atoms with van der Waals surface area (Å²) in [6.45, 7) is 4.45. The van der Waals surface area contributed by atoms with Crippen LogP contribution in [0.1, 0.15) is 49.5 Å². The number of carbonyl (C=O) groups excluding carboxylic acids is 2. The molecule has 0 fully saturated rings. The van der Waals surface area contributed by atoms with Gasteiger partial charge in [0, 0.05) is 5.56 Å². The van der Waals surface area contributed by atoms with E-state index >= 15 is 0 Å². The van der Waals surface area contributed by atoms with Gasteiger partial charge in [0.1, 0.15) is 18.1 Å². The number of nitrogens with zero attached hydrogens (tertiary/aromatic N) is 2. The lowest BCUT2D eigenvalue weighted by atomic mass is 10.1. The third kappa shape index (κ3) is 6.50. The van der Waals surface area contributed by atoms with Crippen LogP contribution in [0.3, 0.4) is 0 Å². The molecule has 1 atom stereocenters. The van der Waals surface area contributed by atoms with Crippen LogP contribution in [0.15, 0.2) is 43.0 Å². The summed E-state index contributed by atoms with van der Waals surface area (Å²) < 4.78 is 14.0. The minimum atomic E-state index is -0.358. The normalized spacial score (nSPS) is 11.4. The van der Waals surface area contributed by atoms with Gasteiger partial charge in [-0.05, 0) is 31.9 Å². The molecule has 0 radical (unpaired) electrons. The fourth-order valence-corrected chi connectivity index (χ4v) is 2.77. The zero-order valence-electron chi connectivity index (χ0n) is 16.1. The van der Waals surface area contributed by atoms with Crippen molar-refractivity contribution in [2.24, 2.45) is 0 Å². The number of ether oxygens (including phenoxy) is 2. The molecule has 1 aromatic heterocycles. The maximum atomic E-state index is 12.5. The van der Waals surface area contributed by atoms with Crippen molar-refractivity contribution in [3.8, 4) is 5.75 Å². The first kappa shape index (κ1) is 22.9. The Bertz CT molecular complexity index is 745. The second-order valence-electron chi connectivity index (χ2n) is 6.10. The molecule has 0 amide bonds. The summed E-state index contributed by atoms with van der Waals surface area (Å²) in [5, 5.41) is 0. The summed E-state index contributed by atoms with van der Waals surface area (Å²) in [5.41, 5.74) is 0.595.